The normalized spacial score (nSPS) is 12.1. The summed E-state index contributed by atoms with van der Waals surface area (Å²) in [6.07, 6.45) is 2.12. The lowest BCUT2D eigenvalue weighted by molar-refractivity contribution is 0.778. The minimum Gasteiger partial charge on any atom is -0.361 e. The molecule has 4 aromatic rings. The van der Waals surface area contributed by atoms with Crippen molar-refractivity contribution >= 4 is 45.3 Å². The molecule has 5 heteroatoms. The number of fused-ring (bicyclic) bond motifs is 1. The van der Waals surface area contributed by atoms with E-state index in [-0.39, 0.29) is 5.92 Å². The molecule has 0 saturated carbocycles. The Hall–Kier alpha value is -2.63. The summed E-state index contributed by atoms with van der Waals surface area (Å²) in [5.74, 6) is 0.232. The summed E-state index contributed by atoms with van der Waals surface area (Å²) < 4.78 is 0. The molecule has 0 spiro atoms. The van der Waals surface area contributed by atoms with Crippen LogP contribution in [-0.4, -0.2) is 16.6 Å². The van der Waals surface area contributed by atoms with Gasteiger partial charge in [0.05, 0.1) is 0 Å². The Bertz CT molecular complexity index is 1100. The Labute approximate surface area is 174 Å². The van der Waals surface area contributed by atoms with Gasteiger partial charge in [0.25, 0.3) is 0 Å². The van der Waals surface area contributed by atoms with Crippen molar-refractivity contribution in [3.05, 3.63) is 87.7 Å². The van der Waals surface area contributed by atoms with Crippen molar-refractivity contribution < 1.29 is 0 Å². The van der Waals surface area contributed by atoms with E-state index in [0.29, 0.717) is 5.11 Å². The summed E-state index contributed by atoms with van der Waals surface area (Å²) in [6.45, 7) is 4.96. The van der Waals surface area contributed by atoms with E-state index in [1.54, 1.807) is 11.3 Å². The third-order valence-corrected chi connectivity index (χ3v) is 6.35. The molecule has 4 rings (SSSR count). The van der Waals surface area contributed by atoms with Gasteiger partial charge in [0.1, 0.15) is 0 Å². The van der Waals surface area contributed by atoms with Crippen molar-refractivity contribution in [2.45, 2.75) is 19.8 Å². The lowest BCUT2D eigenvalue weighted by Gasteiger charge is -2.18. The van der Waals surface area contributed by atoms with Crippen LogP contribution < -0.4 is 10.6 Å². The van der Waals surface area contributed by atoms with Gasteiger partial charge in [-0.15, -0.1) is 11.3 Å². The van der Waals surface area contributed by atoms with Crippen LogP contribution in [-0.2, 0) is 0 Å². The molecule has 0 saturated heterocycles. The monoisotopic (exact) mass is 405 g/mol. The highest BCUT2D eigenvalue weighted by Crippen LogP contribution is 2.32. The van der Waals surface area contributed by atoms with Crippen LogP contribution in [0.2, 0.25) is 0 Å². The zero-order valence-electron chi connectivity index (χ0n) is 16.0. The quantitative estimate of drug-likeness (QED) is 0.359. The van der Waals surface area contributed by atoms with E-state index in [9.17, 15) is 0 Å². The summed E-state index contributed by atoms with van der Waals surface area (Å²) >= 11 is 7.34. The van der Waals surface area contributed by atoms with Gasteiger partial charge in [-0.2, -0.15) is 0 Å². The summed E-state index contributed by atoms with van der Waals surface area (Å²) in [4.78, 5) is 4.72. The van der Waals surface area contributed by atoms with Gasteiger partial charge in [0.15, 0.2) is 5.11 Å². The van der Waals surface area contributed by atoms with Gasteiger partial charge in [-0.05, 0) is 72.4 Å². The Morgan fingerprint density at radius 3 is 2.71 bits per heavy atom. The van der Waals surface area contributed by atoms with E-state index in [1.807, 2.05) is 0 Å². The number of H-pyrrole nitrogens is 1. The minimum absolute atomic E-state index is 0.232. The van der Waals surface area contributed by atoms with Crippen molar-refractivity contribution in [3.8, 4) is 0 Å². The van der Waals surface area contributed by atoms with Crippen molar-refractivity contribution in [1.29, 1.82) is 0 Å². The average Bonchev–Trinajstić information content (AvgIpc) is 3.36. The Morgan fingerprint density at radius 2 is 1.93 bits per heavy atom. The molecule has 0 aliphatic rings. The fraction of sp³-hybridized carbons (Fsp3) is 0.174. The molecule has 0 bridgehead atoms. The SMILES string of the molecule is Cc1ccc(NC(=S)NC[C@H](c2cccs2)c2c[nH]c3ccccc23)cc1C. The van der Waals surface area contributed by atoms with Crippen LogP contribution in [0.25, 0.3) is 10.9 Å². The highest BCUT2D eigenvalue weighted by molar-refractivity contribution is 7.80. The van der Waals surface area contributed by atoms with Gasteiger partial charge in [-0.25, -0.2) is 0 Å². The second-order valence-corrected chi connectivity index (χ2v) is 8.38. The van der Waals surface area contributed by atoms with E-state index in [4.69, 9.17) is 12.2 Å². The van der Waals surface area contributed by atoms with E-state index >= 15 is 0 Å². The van der Waals surface area contributed by atoms with E-state index in [2.05, 4.69) is 95.6 Å². The van der Waals surface area contributed by atoms with Crippen LogP contribution in [0.1, 0.15) is 27.5 Å². The standard InChI is InChI=1S/C23H23N3S2/c1-15-9-10-17(12-16(15)2)26-23(27)25-14-20(22-8-5-11-28-22)19-13-24-21-7-4-3-6-18(19)21/h3-13,20,24H,14H2,1-2H3,(H2,25,26,27)/t20-/m0/s1. The maximum absolute atomic E-state index is 5.56. The molecule has 3 N–H and O–H groups in total. The third kappa shape index (κ3) is 3.96. The highest BCUT2D eigenvalue weighted by atomic mass is 32.1. The van der Waals surface area contributed by atoms with Crippen molar-refractivity contribution in [2.75, 3.05) is 11.9 Å². The first-order valence-corrected chi connectivity index (χ1v) is 10.6. The van der Waals surface area contributed by atoms with Gasteiger partial charge in [-0.1, -0.05) is 30.3 Å². The number of nitrogens with one attached hydrogen (secondary N) is 3. The molecule has 0 fully saturated rings. The summed E-state index contributed by atoms with van der Waals surface area (Å²) in [6, 6.07) is 19.0. The van der Waals surface area contributed by atoms with Crippen LogP contribution in [0, 0.1) is 13.8 Å². The second-order valence-electron chi connectivity index (χ2n) is 6.99. The largest absolute Gasteiger partial charge is 0.361 e. The molecular formula is C23H23N3S2. The zero-order chi connectivity index (χ0) is 19.5. The number of benzene rings is 2. The van der Waals surface area contributed by atoms with Gasteiger partial charge in [0, 0.05) is 40.1 Å². The number of hydrogen-bond acceptors (Lipinski definition) is 2. The van der Waals surface area contributed by atoms with Gasteiger partial charge in [0.2, 0.25) is 0 Å². The van der Waals surface area contributed by atoms with Gasteiger partial charge in [-0.3, -0.25) is 0 Å². The summed E-state index contributed by atoms with van der Waals surface area (Å²) in [5.41, 5.74) is 6.00. The molecule has 0 unspecified atom stereocenters. The molecule has 0 amide bonds. The maximum Gasteiger partial charge on any atom is 0.170 e. The predicted octanol–water partition coefficient (Wildman–Crippen LogP) is 5.96. The molecule has 3 nitrogen and oxygen atoms in total. The number of hydrogen-bond donors (Lipinski definition) is 3. The molecule has 2 aromatic heterocycles. The molecule has 1 atom stereocenters. The van der Waals surface area contributed by atoms with Crippen molar-refractivity contribution in [2.24, 2.45) is 0 Å². The van der Waals surface area contributed by atoms with Crippen LogP contribution in [0.5, 0.6) is 0 Å². The molecular weight excluding hydrogens is 382 g/mol. The van der Waals surface area contributed by atoms with E-state index in [1.165, 1.54) is 27.0 Å². The average molecular weight is 406 g/mol. The number of thiocarbonyl (C=S) groups is 1. The number of rotatable bonds is 5. The minimum atomic E-state index is 0.232. The first-order valence-electron chi connectivity index (χ1n) is 9.33. The topological polar surface area (TPSA) is 39.8 Å². The summed E-state index contributed by atoms with van der Waals surface area (Å²) in [7, 11) is 0. The Morgan fingerprint density at radius 1 is 1.07 bits per heavy atom. The predicted molar refractivity (Wildman–Crippen MR) is 125 cm³/mol. The maximum atomic E-state index is 5.56. The van der Waals surface area contributed by atoms with Crippen LogP contribution >= 0.6 is 23.6 Å². The smallest absolute Gasteiger partial charge is 0.170 e. The molecule has 0 aliphatic heterocycles. The highest BCUT2D eigenvalue weighted by Gasteiger charge is 2.19. The third-order valence-electron chi connectivity index (χ3n) is 5.11. The fourth-order valence-corrected chi connectivity index (χ4v) is 4.47. The zero-order valence-corrected chi connectivity index (χ0v) is 17.6. The van der Waals surface area contributed by atoms with Crippen LogP contribution in [0.15, 0.2) is 66.2 Å². The second kappa shape index (κ2) is 8.17. The van der Waals surface area contributed by atoms with E-state index in [0.717, 1.165) is 17.7 Å². The molecule has 28 heavy (non-hydrogen) atoms. The number of aryl methyl sites for hydroxylation is 2. The van der Waals surface area contributed by atoms with E-state index < -0.39 is 0 Å². The Balaban J connectivity index is 1.52. The number of aromatic amines is 1. The molecule has 2 heterocycles. The number of para-hydroxylation sites is 1. The van der Waals surface area contributed by atoms with Crippen LogP contribution in [0.3, 0.4) is 0 Å². The van der Waals surface area contributed by atoms with Crippen LogP contribution in [0.4, 0.5) is 5.69 Å². The lowest BCUT2D eigenvalue weighted by atomic mass is 9.97. The first-order chi connectivity index (χ1) is 13.6. The number of anilines is 1. The fourth-order valence-electron chi connectivity index (χ4n) is 3.42. The molecule has 2 aromatic carbocycles. The lowest BCUT2D eigenvalue weighted by Crippen LogP contribution is -2.32. The molecule has 0 aliphatic carbocycles. The Kier molecular flexibility index (Phi) is 5.46. The molecule has 0 radical (unpaired) electrons. The number of aromatic nitrogens is 1. The first kappa shape index (κ1) is 18.7. The number of thiophene rings is 1. The van der Waals surface area contributed by atoms with Crippen molar-refractivity contribution in [3.63, 3.8) is 0 Å². The van der Waals surface area contributed by atoms with Crippen molar-refractivity contribution in [1.82, 2.24) is 10.3 Å². The summed E-state index contributed by atoms with van der Waals surface area (Å²) in [5, 5.41) is 10.8. The molecule has 142 valence electrons. The van der Waals surface area contributed by atoms with Gasteiger partial charge >= 0.3 is 0 Å². The van der Waals surface area contributed by atoms with Gasteiger partial charge < -0.3 is 15.6 Å².